The van der Waals surface area contributed by atoms with Crippen LogP contribution in [0.25, 0.3) is 0 Å². The molecule has 2 heterocycles. The smallest absolute Gasteiger partial charge is 0.295 e. The molecule has 1 N–H and O–H groups in total. The van der Waals surface area contributed by atoms with Crippen molar-refractivity contribution in [3.05, 3.63) is 49.8 Å². The Morgan fingerprint density at radius 1 is 1.50 bits per heavy atom. The first-order valence-electron chi connectivity index (χ1n) is 5.14. The average molecular weight is 273 g/mol. The number of hydrogen-bond acceptors (Lipinski definition) is 3. The lowest BCUT2D eigenvalue weighted by Gasteiger charge is -2.03. The van der Waals surface area contributed by atoms with Crippen LogP contribution < -0.4 is 11.2 Å². The molecular formula is C10H10ClFN4O2. The molecule has 6 nitrogen and oxygen atoms in total. The Labute approximate surface area is 106 Å². The fourth-order valence-electron chi connectivity index (χ4n) is 1.57. The number of rotatable bonds is 3. The minimum atomic E-state index is -1.15. The molecule has 2 aromatic heterocycles. The number of H-pyrrole nitrogens is 1. The molecule has 2 rings (SSSR count). The first-order chi connectivity index (χ1) is 8.49. The molecule has 0 saturated carbocycles. The van der Waals surface area contributed by atoms with Gasteiger partial charge in [-0.3, -0.25) is 19.0 Å². The van der Waals surface area contributed by atoms with Gasteiger partial charge in [-0.2, -0.15) is 9.49 Å². The Morgan fingerprint density at radius 2 is 2.22 bits per heavy atom. The molecule has 0 spiro atoms. The van der Waals surface area contributed by atoms with Gasteiger partial charge >= 0.3 is 5.69 Å². The summed E-state index contributed by atoms with van der Waals surface area (Å²) < 4.78 is 15.6. The van der Waals surface area contributed by atoms with Gasteiger partial charge in [-0.1, -0.05) is 11.6 Å². The van der Waals surface area contributed by atoms with Crippen molar-refractivity contribution in [2.75, 3.05) is 0 Å². The molecular weight excluding hydrogens is 263 g/mol. The average Bonchev–Trinajstić information content (AvgIpc) is 2.72. The topological polar surface area (TPSA) is 72.7 Å². The van der Waals surface area contributed by atoms with E-state index < -0.39 is 22.2 Å². The molecule has 0 aromatic carbocycles. The van der Waals surface area contributed by atoms with Crippen LogP contribution in [-0.4, -0.2) is 19.3 Å². The molecule has 8 heteroatoms. The summed E-state index contributed by atoms with van der Waals surface area (Å²) in [5.41, 5.74) is -0.901. The van der Waals surface area contributed by atoms with E-state index >= 15 is 0 Å². The number of nitrogens with one attached hydrogen (secondary N) is 1. The summed E-state index contributed by atoms with van der Waals surface area (Å²) in [7, 11) is 1.75. The van der Waals surface area contributed by atoms with Gasteiger partial charge in [0, 0.05) is 19.8 Å². The third-order valence-corrected chi connectivity index (χ3v) is 2.73. The third kappa shape index (κ3) is 2.35. The number of aromatic nitrogens is 4. The number of halogens is 2. The van der Waals surface area contributed by atoms with Gasteiger partial charge in [-0.25, -0.2) is 4.79 Å². The van der Waals surface area contributed by atoms with E-state index in [2.05, 4.69) is 10.1 Å². The van der Waals surface area contributed by atoms with Crippen molar-refractivity contribution in [3.63, 3.8) is 0 Å². The fourth-order valence-corrected chi connectivity index (χ4v) is 1.73. The van der Waals surface area contributed by atoms with Crippen molar-refractivity contribution < 1.29 is 4.39 Å². The summed E-state index contributed by atoms with van der Waals surface area (Å²) in [6.07, 6.45) is 3.77. The van der Waals surface area contributed by atoms with Crippen LogP contribution in [0.3, 0.4) is 0 Å². The maximum atomic E-state index is 13.2. The molecule has 96 valence electrons. The van der Waals surface area contributed by atoms with Crippen molar-refractivity contribution >= 4 is 11.6 Å². The van der Waals surface area contributed by atoms with E-state index in [4.69, 9.17) is 11.6 Å². The van der Waals surface area contributed by atoms with Crippen LogP contribution in [0.1, 0.15) is 5.56 Å². The quantitative estimate of drug-likeness (QED) is 0.817. The van der Waals surface area contributed by atoms with Crippen LogP contribution >= 0.6 is 11.6 Å². The van der Waals surface area contributed by atoms with Crippen molar-refractivity contribution in [1.29, 1.82) is 0 Å². The van der Waals surface area contributed by atoms with Gasteiger partial charge in [0.1, 0.15) is 0 Å². The SMILES string of the molecule is Cn1cc(CCn2c(=O)[nH]c(Cl)c(F)c2=O)cn1. The second kappa shape index (κ2) is 4.77. The second-order valence-electron chi connectivity index (χ2n) is 3.79. The number of aryl methyl sites for hydroxylation is 2. The molecule has 0 aliphatic carbocycles. The van der Waals surface area contributed by atoms with Crippen LogP contribution in [0.4, 0.5) is 4.39 Å². The van der Waals surface area contributed by atoms with E-state index in [9.17, 15) is 14.0 Å². The van der Waals surface area contributed by atoms with Crippen LogP contribution in [0, 0.1) is 5.82 Å². The summed E-state index contributed by atoms with van der Waals surface area (Å²) in [5.74, 6) is -1.15. The zero-order valence-electron chi connectivity index (χ0n) is 9.48. The maximum Gasteiger partial charge on any atom is 0.329 e. The van der Waals surface area contributed by atoms with Gasteiger partial charge in [0.05, 0.1) is 6.20 Å². The number of nitrogens with zero attached hydrogens (tertiary/aromatic N) is 3. The summed E-state index contributed by atoms with van der Waals surface area (Å²) in [6.45, 7) is 0.0634. The zero-order valence-corrected chi connectivity index (χ0v) is 10.2. The summed E-state index contributed by atoms with van der Waals surface area (Å²) in [4.78, 5) is 25.0. The minimum absolute atomic E-state index is 0.0634. The standard InChI is InChI=1S/C10H10ClFN4O2/c1-15-5-6(4-13-15)2-3-16-9(17)7(12)8(11)14-10(16)18/h4-5H,2-3H2,1H3,(H,14,18). The molecule has 2 aromatic rings. The lowest BCUT2D eigenvalue weighted by Crippen LogP contribution is -2.37. The van der Waals surface area contributed by atoms with Crippen molar-refractivity contribution in [2.45, 2.75) is 13.0 Å². The van der Waals surface area contributed by atoms with Crippen molar-refractivity contribution in [1.82, 2.24) is 19.3 Å². The van der Waals surface area contributed by atoms with Crippen LogP contribution in [0.15, 0.2) is 22.0 Å². The van der Waals surface area contributed by atoms with Crippen molar-refractivity contribution in [3.8, 4) is 0 Å². The second-order valence-corrected chi connectivity index (χ2v) is 4.17. The van der Waals surface area contributed by atoms with Gasteiger partial charge in [0.2, 0.25) is 5.82 Å². The fraction of sp³-hybridized carbons (Fsp3) is 0.300. The largest absolute Gasteiger partial charge is 0.329 e. The van der Waals surface area contributed by atoms with Gasteiger partial charge in [-0.05, 0) is 12.0 Å². The van der Waals surface area contributed by atoms with E-state index in [1.807, 2.05) is 0 Å². The molecule has 0 saturated heterocycles. The molecule has 0 aliphatic rings. The molecule has 18 heavy (non-hydrogen) atoms. The first kappa shape index (κ1) is 12.6. The van der Waals surface area contributed by atoms with Crippen molar-refractivity contribution in [2.24, 2.45) is 7.05 Å². The Hall–Kier alpha value is -1.89. The monoisotopic (exact) mass is 272 g/mol. The van der Waals surface area contributed by atoms with E-state index in [1.54, 1.807) is 24.1 Å². The Morgan fingerprint density at radius 3 is 2.83 bits per heavy atom. The number of aromatic amines is 1. The predicted molar refractivity (Wildman–Crippen MR) is 63.2 cm³/mol. The highest BCUT2D eigenvalue weighted by molar-refractivity contribution is 6.29. The lowest BCUT2D eigenvalue weighted by molar-refractivity contribution is 0.539. The Bertz CT molecular complexity index is 688. The molecule has 0 radical (unpaired) electrons. The van der Waals surface area contributed by atoms with Gasteiger partial charge in [0.25, 0.3) is 5.56 Å². The lowest BCUT2D eigenvalue weighted by atomic mass is 10.2. The molecule has 0 unspecified atom stereocenters. The Kier molecular flexibility index (Phi) is 3.33. The van der Waals surface area contributed by atoms with Crippen LogP contribution in [-0.2, 0) is 20.0 Å². The molecule has 0 atom stereocenters. The van der Waals surface area contributed by atoms with E-state index in [1.165, 1.54) is 0 Å². The van der Waals surface area contributed by atoms with E-state index in [-0.39, 0.29) is 6.54 Å². The van der Waals surface area contributed by atoms with Gasteiger partial charge in [-0.15, -0.1) is 0 Å². The highest BCUT2D eigenvalue weighted by Crippen LogP contribution is 2.03. The van der Waals surface area contributed by atoms with Crippen LogP contribution in [0.5, 0.6) is 0 Å². The third-order valence-electron chi connectivity index (χ3n) is 2.47. The molecule has 0 bridgehead atoms. The normalized spacial score (nSPS) is 10.8. The van der Waals surface area contributed by atoms with E-state index in [0.717, 1.165) is 10.1 Å². The maximum absolute atomic E-state index is 13.2. The first-order valence-corrected chi connectivity index (χ1v) is 5.52. The summed E-state index contributed by atoms with van der Waals surface area (Å²) in [6, 6.07) is 0. The van der Waals surface area contributed by atoms with Gasteiger partial charge < -0.3 is 0 Å². The van der Waals surface area contributed by atoms with Crippen LogP contribution in [0.2, 0.25) is 5.15 Å². The minimum Gasteiger partial charge on any atom is -0.295 e. The summed E-state index contributed by atoms with van der Waals surface area (Å²) >= 11 is 5.35. The highest BCUT2D eigenvalue weighted by atomic mass is 35.5. The molecule has 0 amide bonds. The molecule has 0 fully saturated rings. The molecule has 0 aliphatic heterocycles. The highest BCUT2D eigenvalue weighted by Gasteiger charge is 2.12. The van der Waals surface area contributed by atoms with Gasteiger partial charge in [0.15, 0.2) is 5.15 Å². The predicted octanol–water partition coefficient (Wildman–Crippen LogP) is 0.305. The Balaban J connectivity index is 2.28. The number of hydrogen-bond donors (Lipinski definition) is 1. The summed E-state index contributed by atoms with van der Waals surface area (Å²) in [5, 5.41) is 3.39. The zero-order chi connectivity index (χ0) is 13.3. The van der Waals surface area contributed by atoms with E-state index in [0.29, 0.717) is 6.42 Å².